The molecule has 0 fully saturated rings. The molecule has 0 saturated carbocycles. The number of aliphatic hydroxyl groups is 2. The second-order valence-corrected chi connectivity index (χ2v) is 8.25. The van der Waals surface area contributed by atoms with Crippen molar-refractivity contribution < 1.29 is 37.5 Å². The number of rotatable bonds is 3. The average Bonchev–Trinajstić information content (AvgIpc) is 3.34. The number of benzene rings is 4. The third-order valence-electron chi connectivity index (χ3n) is 5.79. The topological polar surface area (TPSA) is 66.5 Å². The van der Waals surface area contributed by atoms with Gasteiger partial charge in [0.2, 0.25) is 0 Å². The third-order valence-corrected chi connectivity index (χ3v) is 5.79. The van der Waals surface area contributed by atoms with Crippen LogP contribution in [0.5, 0.6) is 0 Å². The second kappa shape index (κ2) is 12.2. The van der Waals surface area contributed by atoms with Crippen LogP contribution in [0.1, 0.15) is 22.2 Å². The van der Waals surface area contributed by atoms with Crippen molar-refractivity contribution in [3.63, 3.8) is 0 Å². The largest absolute Gasteiger partial charge is 0.500 e. The van der Waals surface area contributed by atoms with Crippen LogP contribution in [-0.2, 0) is 26.5 Å². The van der Waals surface area contributed by atoms with E-state index in [9.17, 15) is 0 Å². The molecule has 6 aromatic rings. The van der Waals surface area contributed by atoms with Crippen LogP contribution in [0.15, 0.2) is 83.4 Å². The summed E-state index contributed by atoms with van der Waals surface area (Å²) in [5, 5.41) is 20.7. The van der Waals surface area contributed by atoms with Gasteiger partial charge in [-0.15, -0.1) is 18.2 Å². The Morgan fingerprint density at radius 3 is 2.28 bits per heavy atom. The van der Waals surface area contributed by atoms with Gasteiger partial charge in [-0.1, -0.05) is 85.0 Å². The van der Waals surface area contributed by atoms with Crippen molar-refractivity contribution in [1.82, 2.24) is 4.98 Å². The Kier molecular flexibility index (Phi) is 8.37. The zero-order valence-corrected chi connectivity index (χ0v) is 23.1. The maximum atomic E-state index is 8.49. The van der Waals surface area contributed by atoms with E-state index in [-0.39, 0.29) is 26.0 Å². The van der Waals surface area contributed by atoms with Crippen molar-refractivity contribution in [2.45, 2.75) is 20.2 Å². The molecule has 0 atom stereocenters. The predicted molar refractivity (Wildman–Crippen MR) is 146 cm³/mol. The predicted octanol–water partition coefficient (Wildman–Crippen LogP) is 7.17. The van der Waals surface area contributed by atoms with Crippen LogP contribution in [0.3, 0.4) is 0 Å². The maximum absolute atomic E-state index is 8.49. The van der Waals surface area contributed by atoms with Crippen molar-refractivity contribution in [2.24, 2.45) is 5.92 Å². The van der Waals surface area contributed by atoms with E-state index in [1.807, 2.05) is 32.0 Å². The zero-order valence-electron chi connectivity index (χ0n) is 22.7. The molecule has 5 heteroatoms. The molecule has 2 aromatic heterocycles. The van der Waals surface area contributed by atoms with E-state index in [1.165, 1.54) is 10.8 Å². The standard InChI is InChI=1S/C29H22NO.2CH4O.Ir/c1-18(2)16-19-14-15-30-27(17-19)26-9-5-8-23-25-13-12-22-21-7-4-3-6-20(21)10-11-24(22)28(25)31-29(23)26;2*1-2;/h3-8,10-15,17-18H,16H2,1-2H3;2*2H,1H3;/q-1;;;/i16D2;;;. The van der Waals surface area contributed by atoms with Gasteiger partial charge < -0.3 is 19.6 Å². The summed E-state index contributed by atoms with van der Waals surface area (Å²) in [5.41, 5.74) is 3.60. The summed E-state index contributed by atoms with van der Waals surface area (Å²) < 4.78 is 23.5. The molecule has 0 saturated heterocycles. The molecule has 4 aromatic carbocycles. The van der Waals surface area contributed by atoms with Crippen molar-refractivity contribution in [2.75, 3.05) is 14.2 Å². The number of furan rings is 1. The Hall–Kier alpha value is -3.08. The van der Waals surface area contributed by atoms with E-state index in [0.717, 1.165) is 52.5 Å². The Balaban J connectivity index is 0.000000766. The molecule has 0 spiro atoms. The van der Waals surface area contributed by atoms with Crippen LogP contribution < -0.4 is 0 Å². The summed E-state index contributed by atoms with van der Waals surface area (Å²) in [7, 11) is 2.00. The van der Waals surface area contributed by atoms with Crippen LogP contribution in [0.4, 0.5) is 0 Å². The summed E-state index contributed by atoms with van der Waals surface area (Å²) in [4.78, 5) is 4.55. The van der Waals surface area contributed by atoms with Crippen molar-refractivity contribution in [3.05, 3.63) is 90.6 Å². The first-order chi connectivity index (χ1) is 17.9. The SMILES string of the molecule is CO.CO.[2H]C([2H])(c1ccnc(-c2[c-]ccc3c2oc2c3ccc3c4ccccc4ccc32)c1)C(C)C.[Ir]. The van der Waals surface area contributed by atoms with Gasteiger partial charge in [0.1, 0.15) is 5.58 Å². The van der Waals surface area contributed by atoms with Crippen LogP contribution >= 0.6 is 0 Å². The number of aromatic nitrogens is 1. The molecule has 36 heavy (non-hydrogen) atoms. The summed E-state index contributed by atoms with van der Waals surface area (Å²) in [6.07, 6.45) is 0.221. The van der Waals surface area contributed by atoms with Crippen LogP contribution in [0, 0.1) is 12.0 Å². The molecule has 6 rings (SSSR count). The molecular weight excluding hydrogens is 627 g/mol. The summed E-state index contributed by atoms with van der Waals surface area (Å²) in [5.74, 6) is -0.153. The van der Waals surface area contributed by atoms with Gasteiger partial charge in [-0.2, -0.15) is 0 Å². The van der Waals surface area contributed by atoms with Gasteiger partial charge in [0.15, 0.2) is 0 Å². The number of hydrogen-bond acceptors (Lipinski definition) is 4. The van der Waals surface area contributed by atoms with E-state index in [4.69, 9.17) is 17.4 Å². The minimum atomic E-state index is -1.45. The average molecular weight is 659 g/mol. The number of fused-ring (bicyclic) bond motifs is 7. The summed E-state index contributed by atoms with van der Waals surface area (Å²) in [6, 6.07) is 27.7. The van der Waals surface area contributed by atoms with E-state index in [2.05, 4.69) is 59.6 Å². The molecule has 0 bridgehead atoms. The smallest absolute Gasteiger partial charge is 0.128 e. The first-order valence-corrected chi connectivity index (χ1v) is 11.5. The Morgan fingerprint density at radius 2 is 1.50 bits per heavy atom. The van der Waals surface area contributed by atoms with Gasteiger partial charge in [0.25, 0.3) is 0 Å². The molecule has 1 radical (unpaired) electrons. The normalized spacial score (nSPS) is 11.9. The first kappa shape index (κ1) is 24.6. The molecule has 0 aliphatic heterocycles. The molecule has 0 unspecified atom stereocenters. The zero-order chi connectivity index (χ0) is 26.7. The number of hydrogen-bond donors (Lipinski definition) is 2. The van der Waals surface area contributed by atoms with Gasteiger partial charge in [0, 0.05) is 54.0 Å². The summed E-state index contributed by atoms with van der Waals surface area (Å²) in [6.45, 7) is 3.78. The molecule has 4 nitrogen and oxygen atoms in total. The maximum Gasteiger partial charge on any atom is 0.128 e. The van der Waals surface area contributed by atoms with Crippen LogP contribution in [0.25, 0.3) is 54.7 Å². The van der Waals surface area contributed by atoms with Crippen molar-refractivity contribution in [1.29, 1.82) is 0 Å². The van der Waals surface area contributed by atoms with E-state index >= 15 is 0 Å². The van der Waals surface area contributed by atoms with Crippen LogP contribution in [-0.4, -0.2) is 29.4 Å². The minimum Gasteiger partial charge on any atom is -0.500 e. The fraction of sp³-hybridized carbons (Fsp3) is 0.194. The fourth-order valence-corrected chi connectivity index (χ4v) is 4.47. The van der Waals surface area contributed by atoms with Gasteiger partial charge in [0.05, 0.1) is 5.58 Å². The van der Waals surface area contributed by atoms with Crippen LogP contribution in [0.2, 0.25) is 0 Å². The molecule has 0 aliphatic rings. The molecule has 2 N–H and O–H groups in total. The fourth-order valence-electron chi connectivity index (χ4n) is 4.47. The van der Waals surface area contributed by atoms with Gasteiger partial charge >= 0.3 is 0 Å². The Morgan fingerprint density at radius 1 is 0.833 bits per heavy atom. The second-order valence-electron chi connectivity index (χ2n) is 8.25. The molecule has 187 valence electrons. The first-order valence-electron chi connectivity index (χ1n) is 12.5. The van der Waals surface area contributed by atoms with E-state index in [1.54, 1.807) is 12.3 Å². The molecule has 2 heterocycles. The molecular formula is C31H30IrNO3-. The molecule has 0 aliphatic carbocycles. The third kappa shape index (κ3) is 5.07. The van der Waals surface area contributed by atoms with Gasteiger partial charge in [-0.25, -0.2) is 0 Å². The van der Waals surface area contributed by atoms with Gasteiger partial charge in [-0.05, 0) is 40.2 Å². The Bertz CT molecular complexity index is 1700. The number of pyridine rings is 1. The molecule has 0 amide bonds. The quantitative estimate of drug-likeness (QED) is 0.156. The monoisotopic (exact) mass is 659 g/mol. The van der Waals surface area contributed by atoms with E-state index in [0.29, 0.717) is 11.3 Å². The minimum absolute atomic E-state index is 0. The van der Waals surface area contributed by atoms with E-state index < -0.39 is 6.37 Å². The van der Waals surface area contributed by atoms with Crippen molar-refractivity contribution in [3.8, 4) is 11.3 Å². The van der Waals surface area contributed by atoms with Crippen molar-refractivity contribution >= 4 is 43.5 Å². The van der Waals surface area contributed by atoms with Gasteiger partial charge in [-0.3, -0.25) is 0 Å². The number of aliphatic hydroxyl groups excluding tert-OH is 2. The number of nitrogens with zero attached hydrogens (tertiary/aromatic N) is 1. The Labute approximate surface area is 227 Å². The summed E-state index contributed by atoms with van der Waals surface area (Å²) >= 11 is 0.